The molecule has 0 bridgehead atoms. The van der Waals surface area contributed by atoms with Gasteiger partial charge in [0.25, 0.3) is 0 Å². The average molecular weight is 262 g/mol. The fourth-order valence-electron chi connectivity index (χ4n) is 0.974. The fraction of sp³-hybridized carbons (Fsp3) is 0.294. The van der Waals surface area contributed by atoms with Gasteiger partial charge in [-0.2, -0.15) is 0 Å². The zero-order valence-corrected chi connectivity index (χ0v) is 13.0. The summed E-state index contributed by atoms with van der Waals surface area (Å²) in [5.74, 6) is 0.973. The molecule has 0 unspecified atom stereocenters. The topological polar surface area (TPSA) is 0 Å². The summed E-state index contributed by atoms with van der Waals surface area (Å²) in [6.45, 7) is 15.5. The lowest BCUT2D eigenvalue weighted by Gasteiger charge is -2.00. The van der Waals surface area contributed by atoms with Crippen LogP contribution in [0.3, 0.4) is 0 Å². The molecule has 1 aromatic carbocycles. The van der Waals surface area contributed by atoms with Crippen molar-refractivity contribution in [3.05, 3.63) is 72.2 Å². The van der Waals surface area contributed by atoms with Gasteiger partial charge in [-0.1, -0.05) is 83.3 Å². The minimum atomic E-state index is 0.973. The molecule has 1 rings (SSSR count). The predicted molar refractivity (Wildman–Crippen MR) is 88.9 cm³/mol. The molecule has 100 valence electrons. The van der Waals surface area contributed by atoms with Crippen LogP contribution < -0.4 is 0 Å². The first-order valence-corrected chi connectivity index (χ1v) is 7.46. The van der Waals surface area contributed by atoms with E-state index in [4.69, 9.17) is 0 Å². The van der Waals surface area contributed by atoms with E-state index in [2.05, 4.69) is 37.4 Å². The maximum absolute atomic E-state index is 3.94. The van der Waals surface area contributed by atoms with Crippen molar-refractivity contribution < 1.29 is 0 Å². The summed E-state index contributed by atoms with van der Waals surface area (Å²) in [6.07, 6.45) is 5.63. The molecule has 0 fully saturated rings. The molecular formula is C17H26S. The van der Waals surface area contributed by atoms with Gasteiger partial charge in [-0.25, -0.2) is 0 Å². The Morgan fingerprint density at radius 3 is 2.17 bits per heavy atom. The summed E-state index contributed by atoms with van der Waals surface area (Å²) in [5.41, 5.74) is 1.32. The first-order valence-electron chi connectivity index (χ1n) is 6.47. The molecule has 0 spiro atoms. The first-order chi connectivity index (χ1) is 8.83. The van der Waals surface area contributed by atoms with Crippen molar-refractivity contribution in [2.75, 3.05) is 0 Å². The number of rotatable bonds is 5. The van der Waals surface area contributed by atoms with E-state index < -0.39 is 0 Å². The molecule has 0 amide bonds. The van der Waals surface area contributed by atoms with Gasteiger partial charge in [-0.15, -0.1) is 11.8 Å². The van der Waals surface area contributed by atoms with Crippen molar-refractivity contribution in [1.82, 2.24) is 0 Å². The van der Waals surface area contributed by atoms with Crippen LogP contribution in [0.4, 0.5) is 0 Å². The highest BCUT2D eigenvalue weighted by Gasteiger charge is 1.92. The Hall–Kier alpha value is -1.21. The van der Waals surface area contributed by atoms with E-state index in [0.29, 0.717) is 0 Å². The highest BCUT2D eigenvalue weighted by molar-refractivity contribution is 8.02. The maximum Gasteiger partial charge on any atom is 0.0231 e. The fourth-order valence-corrected chi connectivity index (χ4v) is 1.69. The summed E-state index contributed by atoms with van der Waals surface area (Å²) in [5, 5.41) is 0. The zero-order chi connectivity index (χ0) is 14.2. The van der Waals surface area contributed by atoms with Crippen molar-refractivity contribution in [2.24, 2.45) is 0 Å². The lowest BCUT2D eigenvalue weighted by molar-refractivity contribution is 1.42. The van der Waals surface area contributed by atoms with E-state index in [-0.39, 0.29) is 0 Å². The van der Waals surface area contributed by atoms with Gasteiger partial charge in [0.05, 0.1) is 0 Å². The van der Waals surface area contributed by atoms with Gasteiger partial charge < -0.3 is 0 Å². The number of hydrogen-bond acceptors (Lipinski definition) is 1. The third-order valence-corrected chi connectivity index (χ3v) is 2.67. The van der Waals surface area contributed by atoms with E-state index in [0.717, 1.165) is 10.7 Å². The largest absolute Gasteiger partial charge is 0.122 e. The van der Waals surface area contributed by atoms with Gasteiger partial charge in [0, 0.05) is 10.7 Å². The molecule has 0 saturated heterocycles. The summed E-state index contributed by atoms with van der Waals surface area (Å²) in [4.78, 5) is 1.06. The van der Waals surface area contributed by atoms with Gasteiger partial charge in [0.15, 0.2) is 0 Å². The van der Waals surface area contributed by atoms with Gasteiger partial charge in [0.1, 0.15) is 0 Å². The monoisotopic (exact) mass is 262 g/mol. The Morgan fingerprint density at radius 2 is 1.67 bits per heavy atom. The van der Waals surface area contributed by atoms with E-state index in [1.54, 1.807) is 17.8 Å². The highest BCUT2D eigenvalue weighted by atomic mass is 32.2. The van der Waals surface area contributed by atoms with Crippen molar-refractivity contribution in [1.29, 1.82) is 0 Å². The number of thioether (sulfide) groups is 1. The molecule has 0 aliphatic carbocycles. The van der Waals surface area contributed by atoms with Crippen molar-refractivity contribution in [3.63, 3.8) is 0 Å². The molecule has 0 atom stereocenters. The molecule has 0 radical (unpaired) electrons. The molecule has 0 nitrogen and oxygen atoms in total. The van der Waals surface area contributed by atoms with Crippen LogP contribution in [-0.4, -0.2) is 0 Å². The summed E-state index contributed by atoms with van der Waals surface area (Å²) in [6, 6.07) is 10.4. The summed E-state index contributed by atoms with van der Waals surface area (Å²) >= 11 is 1.74. The van der Waals surface area contributed by atoms with Crippen molar-refractivity contribution in [3.8, 4) is 0 Å². The van der Waals surface area contributed by atoms with Crippen LogP contribution >= 0.6 is 11.8 Å². The van der Waals surface area contributed by atoms with E-state index in [1.165, 1.54) is 5.56 Å². The van der Waals surface area contributed by atoms with Crippen LogP contribution in [0.5, 0.6) is 0 Å². The van der Waals surface area contributed by atoms with E-state index in [9.17, 15) is 0 Å². The molecule has 0 aliphatic heterocycles. The Balaban J connectivity index is 0. The number of hydrogen-bond donors (Lipinski definition) is 0. The molecule has 1 aromatic rings. The summed E-state index contributed by atoms with van der Waals surface area (Å²) < 4.78 is 0. The third kappa shape index (κ3) is 11.3. The quantitative estimate of drug-likeness (QED) is 0.567. The second kappa shape index (κ2) is 15.8. The first kappa shape index (κ1) is 19.1. The van der Waals surface area contributed by atoms with Crippen LogP contribution in [-0.2, 0) is 5.75 Å². The van der Waals surface area contributed by atoms with Crippen LogP contribution in [0.15, 0.2) is 66.6 Å². The Labute approximate surface area is 118 Å². The third-order valence-electron chi connectivity index (χ3n) is 1.69. The van der Waals surface area contributed by atoms with Gasteiger partial charge in [0.2, 0.25) is 0 Å². The SMILES string of the molecule is C=C/C=C\C(=C)SCc1ccccc1.CC.CC. The molecule has 0 heterocycles. The lowest BCUT2D eigenvalue weighted by atomic mass is 10.2. The average Bonchev–Trinajstić information content (AvgIpc) is 2.48. The van der Waals surface area contributed by atoms with Gasteiger partial charge >= 0.3 is 0 Å². The standard InChI is InChI=1S/C13H14S.2C2H6/c1-3-4-8-12(2)14-11-13-9-6-5-7-10-13;2*1-2/h3-10H,1-2,11H2;2*1-2H3/b8-4-;;. The number of allylic oxidation sites excluding steroid dienone is 3. The van der Waals surface area contributed by atoms with E-state index in [1.807, 2.05) is 45.9 Å². The van der Waals surface area contributed by atoms with Crippen molar-refractivity contribution in [2.45, 2.75) is 33.4 Å². The molecular weight excluding hydrogens is 236 g/mol. The molecule has 0 aromatic heterocycles. The van der Waals surface area contributed by atoms with Crippen LogP contribution in [0.2, 0.25) is 0 Å². The predicted octanol–water partition coefficient (Wildman–Crippen LogP) is 6.23. The Bertz CT molecular complexity index is 323. The minimum Gasteiger partial charge on any atom is -0.122 e. The normalized spacial score (nSPS) is 8.67. The second-order valence-electron chi connectivity index (χ2n) is 2.84. The Kier molecular flexibility index (Phi) is 16.8. The maximum atomic E-state index is 3.94. The van der Waals surface area contributed by atoms with E-state index >= 15 is 0 Å². The van der Waals surface area contributed by atoms with Gasteiger partial charge in [-0.3, -0.25) is 0 Å². The molecule has 1 heteroatoms. The molecule has 0 N–H and O–H groups in total. The van der Waals surface area contributed by atoms with Gasteiger partial charge in [-0.05, 0) is 11.6 Å². The molecule has 0 saturated carbocycles. The molecule has 0 aliphatic rings. The smallest absolute Gasteiger partial charge is 0.0231 e. The van der Waals surface area contributed by atoms with Crippen LogP contribution in [0.1, 0.15) is 33.3 Å². The van der Waals surface area contributed by atoms with Crippen LogP contribution in [0, 0.1) is 0 Å². The second-order valence-corrected chi connectivity index (χ2v) is 3.94. The number of benzene rings is 1. The lowest BCUT2D eigenvalue weighted by Crippen LogP contribution is -1.78. The molecule has 18 heavy (non-hydrogen) atoms. The minimum absolute atomic E-state index is 0.973. The van der Waals surface area contributed by atoms with Crippen molar-refractivity contribution >= 4 is 11.8 Å². The zero-order valence-electron chi connectivity index (χ0n) is 12.1. The van der Waals surface area contributed by atoms with Crippen LogP contribution in [0.25, 0.3) is 0 Å². The Morgan fingerprint density at radius 1 is 1.11 bits per heavy atom. The summed E-state index contributed by atoms with van der Waals surface area (Å²) in [7, 11) is 0. The highest BCUT2D eigenvalue weighted by Crippen LogP contribution is 2.20.